The molecule has 1 aromatic rings. The highest BCUT2D eigenvalue weighted by Gasteiger charge is 2.66. The van der Waals surface area contributed by atoms with Gasteiger partial charge in [-0.2, -0.15) is 0 Å². The summed E-state index contributed by atoms with van der Waals surface area (Å²) in [5.41, 5.74) is 3.30. The molecule has 0 heterocycles. The zero-order chi connectivity index (χ0) is 10.6. The van der Waals surface area contributed by atoms with Crippen LogP contribution in [0.3, 0.4) is 0 Å². The summed E-state index contributed by atoms with van der Waals surface area (Å²) < 4.78 is 0. The van der Waals surface area contributed by atoms with Crippen LogP contribution in [-0.4, -0.2) is 5.11 Å². The van der Waals surface area contributed by atoms with E-state index in [-0.39, 0.29) is 0 Å². The van der Waals surface area contributed by atoms with E-state index in [0.29, 0.717) is 11.8 Å². The normalized spacial score (nSPS) is 37.8. The molecule has 0 radical (unpaired) electrons. The average Bonchev–Trinajstić information content (AvgIpc) is 2.66. The van der Waals surface area contributed by atoms with Crippen LogP contribution >= 0.6 is 0 Å². The van der Waals surface area contributed by atoms with Crippen LogP contribution in [-0.2, 0) is 5.60 Å². The molecule has 2 aliphatic rings. The summed E-state index contributed by atoms with van der Waals surface area (Å²) in [6, 6.07) is 6.42. The van der Waals surface area contributed by atoms with E-state index in [0.717, 1.165) is 5.56 Å². The highest BCUT2D eigenvalue weighted by molar-refractivity contribution is 5.39. The molecule has 2 aliphatic carbocycles. The maximum Gasteiger partial charge on any atom is 0.0960 e. The second kappa shape index (κ2) is 2.85. The molecule has 2 unspecified atom stereocenters. The Balaban J connectivity index is 1.97. The summed E-state index contributed by atoms with van der Waals surface area (Å²) >= 11 is 0. The van der Waals surface area contributed by atoms with E-state index < -0.39 is 5.60 Å². The van der Waals surface area contributed by atoms with Gasteiger partial charge in [-0.05, 0) is 55.2 Å². The van der Waals surface area contributed by atoms with Crippen molar-refractivity contribution >= 4 is 0 Å². The van der Waals surface area contributed by atoms with Gasteiger partial charge in [0.05, 0.1) is 5.60 Å². The van der Waals surface area contributed by atoms with Gasteiger partial charge < -0.3 is 5.11 Å². The Morgan fingerprint density at radius 3 is 2.40 bits per heavy atom. The Morgan fingerprint density at radius 2 is 1.80 bits per heavy atom. The van der Waals surface area contributed by atoms with Crippen molar-refractivity contribution in [1.82, 2.24) is 0 Å². The van der Waals surface area contributed by atoms with Crippen molar-refractivity contribution in [2.75, 3.05) is 0 Å². The maximum atomic E-state index is 10.6. The van der Waals surface area contributed by atoms with Crippen LogP contribution in [0.2, 0.25) is 0 Å². The lowest BCUT2D eigenvalue weighted by molar-refractivity contribution is 0.105. The quantitative estimate of drug-likeness (QED) is 0.742. The largest absolute Gasteiger partial charge is 0.385 e. The van der Waals surface area contributed by atoms with E-state index in [1.807, 2.05) is 0 Å². The summed E-state index contributed by atoms with van der Waals surface area (Å²) in [6.45, 7) is 4.25. The first-order chi connectivity index (χ1) is 7.14. The minimum absolute atomic E-state index is 0.462. The molecule has 80 valence electrons. The van der Waals surface area contributed by atoms with E-state index in [9.17, 15) is 5.11 Å². The molecule has 0 spiro atoms. The Labute approximate surface area is 91.1 Å². The van der Waals surface area contributed by atoms with Crippen LogP contribution in [0.5, 0.6) is 0 Å². The van der Waals surface area contributed by atoms with Gasteiger partial charge in [0.25, 0.3) is 0 Å². The monoisotopic (exact) mass is 202 g/mol. The first kappa shape index (κ1) is 9.41. The fourth-order valence-corrected chi connectivity index (χ4v) is 3.34. The molecule has 15 heavy (non-hydrogen) atoms. The predicted molar refractivity (Wildman–Crippen MR) is 60.6 cm³/mol. The van der Waals surface area contributed by atoms with Crippen molar-refractivity contribution in [2.24, 2.45) is 11.8 Å². The van der Waals surface area contributed by atoms with Crippen LogP contribution in [0, 0.1) is 25.7 Å². The highest BCUT2D eigenvalue weighted by Crippen LogP contribution is 2.66. The second-order valence-corrected chi connectivity index (χ2v) is 5.27. The molecule has 0 saturated heterocycles. The number of hydrogen-bond donors (Lipinski definition) is 1. The average molecular weight is 202 g/mol. The first-order valence-electron chi connectivity index (χ1n) is 5.94. The van der Waals surface area contributed by atoms with Gasteiger partial charge in [-0.25, -0.2) is 0 Å². The summed E-state index contributed by atoms with van der Waals surface area (Å²) in [6.07, 6.45) is 3.74. The van der Waals surface area contributed by atoms with Gasteiger partial charge in [0.15, 0.2) is 0 Å². The van der Waals surface area contributed by atoms with Crippen LogP contribution in [0.1, 0.15) is 36.0 Å². The SMILES string of the molecule is Cc1ccc(C2(O)C3CCCC32)cc1C. The van der Waals surface area contributed by atoms with Gasteiger partial charge in [0.2, 0.25) is 0 Å². The van der Waals surface area contributed by atoms with Gasteiger partial charge in [-0.3, -0.25) is 0 Å². The number of aliphatic hydroxyl groups is 1. The molecule has 2 saturated carbocycles. The molecule has 0 bridgehead atoms. The third kappa shape index (κ3) is 1.13. The second-order valence-electron chi connectivity index (χ2n) is 5.27. The van der Waals surface area contributed by atoms with E-state index in [1.165, 1.54) is 30.4 Å². The Kier molecular flexibility index (Phi) is 1.79. The smallest absolute Gasteiger partial charge is 0.0960 e. The molecule has 0 aliphatic heterocycles. The van der Waals surface area contributed by atoms with E-state index >= 15 is 0 Å². The molecule has 2 fully saturated rings. The van der Waals surface area contributed by atoms with Crippen molar-refractivity contribution in [3.05, 3.63) is 34.9 Å². The zero-order valence-corrected chi connectivity index (χ0v) is 9.46. The van der Waals surface area contributed by atoms with Gasteiger partial charge >= 0.3 is 0 Å². The number of rotatable bonds is 1. The fourth-order valence-electron chi connectivity index (χ4n) is 3.34. The van der Waals surface area contributed by atoms with Crippen LogP contribution < -0.4 is 0 Å². The fraction of sp³-hybridized carbons (Fsp3) is 0.571. The first-order valence-corrected chi connectivity index (χ1v) is 5.94. The Morgan fingerprint density at radius 1 is 1.13 bits per heavy atom. The molecule has 1 aromatic carbocycles. The number of aryl methyl sites for hydroxylation is 2. The third-order valence-electron chi connectivity index (χ3n) is 4.51. The van der Waals surface area contributed by atoms with Crippen molar-refractivity contribution < 1.29 is 5.11 Å². The van der Waals surface area contributed by atoms with Crippen molar-refractivity contribution in [2.45, 2.75) is 38.7 Å². The number of benzene rings is 1. The lowest BCUT2D eigenvalue weighted by Gasteiger charge is -2.16. The molecular formula is C14H18O. The molecule has 3 rings (SSSR count). The molecule has 1 N–H and O–H groups in total. The number of fused-ring (bicyclic) bond motifs is 1. The van der Waals surface area contributed by atoms with E-state index in [2.05, 4.69) is 32.0 Å². The predicted octanol–water partition coefficient (Wildman–Crippen LogP) is 2.92. The summed E-state index contributed by atoms with van der Waals surface area (Å²) in [4.78, 5) is 0. The molecule has 2 atom stereocenters. The molecule has 0 amide bonds. The van der Waals surface area contributed by atoms with E-state index in [1.54, 1.807) is 0 Å². The summed E-state index contributed by atoms with van der Waals surface area (Å²) in [5.74, 6) is 1.11. The molecule has 0 aromatic heterocycles. The van der Waals surface area contributed by atoms with Crippen molar-refractivity contribution in [1.29, 1.82) is 0 Å². The van der Waals surface area contributed by atoms with Gasteiger partial charge in [-0.1, -0.05) is 24.6 Å². The standard InChI is InChI=1S/C14H18O/c1-9-6-7-11(8-10(9)2)14(15)12-4-3-5-13(12)14/h6-8,12-13,15H,3-5H2,1-2H3. The maximum absolute atomic E-state index is 10.6. The number of hydrogen-bond acceptors (Lipinski definition) is 1. The topological polar surface area (TPSA) is 20.2 Å². The third-order valence-corrected chi connectivity index (χ3v) is 4.51. The lowest BCUT2D eigenvalue weighted by atomic mass is 9.96. The minimum atomic E-state index is -0.462. The van der Waals surface area contributed by atoms with Crippen LogP contribution in [0.15, 0.2) is 18.2 Å². The Bertz CT molecular complexity index is 398. The Hall–Kier alpha value is -0.820. The van der Waals surface area contributed by atoms with E-state index in [4.69, 9.17) is 0 Å². The zero-order valence-electron chi connectivity index (χ0n) is 9.46. The minimum Gasteiger partial charge on any atom is -0.385 e. The van der Waals surface area contributed by atoms with Gasteiger partial charge in [0.1, 0.15) is 0 Å². The van der Waals surface area contributed by atoms with Crippen molar-refractivity contribution in [3.63, 3.8) is 0 Å². The van der Waals surface area contributed by atoms with Gasteiger partial charge in [0, 0.05) is 0 Å². The molecular weight excluding hydrogens is 184 g/mol. The van der Waals surface area contributed by atoms with Crippen LogP contribution in [0.25, 0.3) is 0 Å². The van der Waals surface area contributed by atoms with Gasteiger partial charge in [-0.15, -0.1) is 0 Å². The van der Waals surface area contributed by atoms with Crippen LogP contribution in [0.4, 0.5) is 0 Å². The highest BCUT2D eigenvalue weighted by atomic mass is 16.3. The lowest BCUT2D eigenvalue weighted by Crippen LogP contribution is -2.13. The summed E-state index contributed by atoms with van der Waals surface area (Å²) in [5, 5.41) is 10.6. The molecule has 1 heteroatoms. The summed E-state index contributed by atoms with van der Waals surface area (Å²) in [7, 11) is 0. The molecule has 1 nitrogen and oxygen atoms in total. The van der Waals surface area contributed by atoms with Crippen molar-refractivity contribution in [3.8, 4) is 0 Å².